The van der Waals surface area contributed by atoms with Crippen LogP contribution in [-0.2, 0) is 7.05 Å². The molecule has 1 aliphatic rings. The quantitative estimate of drug-likeness (QED) is 0.743. The summed E-state index contributed by atoms with van der Waals surface area (Å²) in [6.45, 7) is 3.58. The summed E-state index contributed by atoms with van der Waals surface area (Å²) in [7, 11) is 1.91. The lowest BCUT2D eigenvalue weighted by molar-refractivity contribution is 0.101. The standard InChI is InChI=1S/C13H15N3O/c1-7-10(8(2)17)6-14-13-11(7)12(9-4-5-9)15-16(13)3/h6,9H,4-5H2,1-3H3. The van der Waals surface area contributed by atoms with Crippen LogP contribution in [0.5, 0.6) is 0 Å². The van der Waals surface area contributed by atoms with Gasteiger partial charge in [-0.15, -0.1) is 0 Å². The van der Waals surface area contributed by atoms with Crippen LogP contribution >= 0.6 is 0 Å². The van der Waals surface area contributed by atoms with Crippen LogP contribution in [0.2, 0.25) is 0 Å². The second-order valence-electron chi connectivity index (χ2n) is 4.83. The van der Waals surface area contributed by atoms with Crippen molar-refractivity contribution in [2.75, 3.05) is 0 Å². The van der Waals surface area contributed by atoms with E-state index in [1.807, 2.05) is 18.7 Å². The second kappa shape index (κ2) is 3.39. The zero-order valence-corrected chi connectivity index (χ0v) is 10.3. The monoisotopic (exact) mass is 229 g/mol. The van der Waals surface area contributed by atoms with Crippen LogP contribution in [0.1, 0.15) is 47.3 Å². The molecule has 0 radical (unpaired) electrons. The fraction of sp³-hybridized carbons (Fsp3) is 0.462. The summed E-state index contributed by atoms with van der Waals surface area (Å²) in [5, 5.41) is 5.64. The summed E-state index contributed by atoms with van der Waals surface area (Å²) in [5.74, 6) is 0.643. The average Bonchev–Trinajstić information content (AvgIpc) is 3.05. The maximum atomic E-state index is 11.5. The molecule has 17 heavy (non-hydrogen) atoms. The predicted octanol–water partition coefficient (Wildman–Crippen LogP) is 2.36. The van der Waals surface area contributed by atoms with Gasteiger partial charge in [0.1, 0.15) is 0 Å². The molecule has 1 fully saturated rings. The Kier molecular flexibility index (Phi) is 2.08. The molecule has 4 nitrogen and oxygen atoms in total. The number of carbonyl (C=O) groups is 1. The van der Waals surface area contributed by atoms with Crippen LogP contribution in [0.3, 0.4) is 0 Å². The minimum atomic E-state index is 0.0718. The van der Waals surface area contributed by atoms with Gasteiger partial charge in [-0.2, -0.15) is 5.10 Å². The molecule has 0 bridgehead atoms. The predicted molar refractivity (Wildman–Crippen MR) is 65.2 cm³/mol. The van der Waals surface area contributed by atoms with Gasteiger partial charge in [-0.1, -0.05) is 0 Å². The van der Waals surface area contributed by atoms with E-state index in [1.54, 1.807) is 13.1 Å². The molecule has 2 aromatic heterocycles. The van der Waals surface area contributed by atoms with Gasteiger partial charge < -0.3 is 0 Å². The number of nitrogens with zero attached hydrogens (tertiary/aromatic N) is 3. The molecular formula is C13H15N3O. The van der Waals surface area contributed by atoms with Gasteiger partial charge in [0.15, 0.2) is 11.4 Å². The largest absolute Gasteiger partial charge is 0.294 e. The normalized spacial score (nSPS) is 15.5. The lowest BCUT2D eigenvalue weighted by Gasteiger charge is -2.03. The number of Topliss-reactive ketones (excluding diaryl/α,β-unsaturated/α-hetero) is 1. The second-order valence-corrected chi connectivity index (χ2v) is 4.83. The molecule has 0 amide bonds. The maximum absolute atomic E-state index is 11.5. The third-order valence-corrected chi connectivity index (χ3v) is 3.48. The maximum Gasteiger partial charge on any atom is 0.161 e. The van der Waals surface area contributed by atoms with E-state index in [0.29, 0.717) is 11.5 Å². The number of aryl methyl sites for hydroxylation is 2. The molecule has 2 heterocycles. The van der Waals surface area contributed by atoms with Crippen molar-refractivity contribution in [1.29, 1.82) is 0 Å². The Balaban J connectivity index is 2.36. The van der Waals surface area contributed by atoms with Crippen molar-refractivity contribution in [3.05, 3.63) is 23.0 Å². The van der Waals surface area contributed by atoms with Crippen LogP contribution in [0.25, 0.3) is 11.0 Å². The lowest BCUT2D eigenvalue weighted by atomic mass is 10.0. The van der Waals surface area contributed by atoms with Crippen LogP contribution < -0.4 is 0 Å². The van der Waals surface area contributed by atoms with Crippen LogP contribution in [0.15, 0.2) is 6.20 Å². The summed E-state index contributed by atoms with van der Waals surface area (Å²) in [6, 6.07) is 0. The van der Waals surface area contributed by atoms with E-state index in [4.69, 9.17) is 0 Å². The molecule has 1 aliphatic carbocycles. The van der Waals surface area contributed by atoms with E-state index in [2.05, 4.69) is 10.1 Å². The number of hydrogen-bond acceptors (Lipinski definition) is 3. The summed E-state index contributed by atoms with van der Waals surface area (Å²) in [5.41, 5.74) is 3.75. The Hall–Kier alpha value is -1.71. The van der Waals surface area contributed by atoms with Crippen LogP contribution in [-0.4, -0.2) is 20.5 Å². The SMILES string of the molecule is CC(=O)c1cnc2c(c(C3CC3)nn2C)c1C. The zero-order valence-electron chi connectivity index (χ0n) is 10.3. The molecule has 4 heteroatoms. The lowest BCUT2D eigenvalue weighted by Crippen LogP contribution is -1.99. The Morgan fingerprint density at radius 2 is 2.18 bits per heavy atom. The molecule has 3 rings (SSSR count). The van der Waals surface area contributed by atoms with Crippen molar-refractivity contribution in [3.8, 4) is 0 Å². The smallest absolute Gasteiger partial charge is 0.161 e. The summed E-state index contributed by atoms with van der Waals surface area (Å²) < 4.78 is 1.82. The molecule has 2 aromatic rings. The van der Waals surface area contributed by atoms with Crippen molar-refractivity contribution in [2.24, 2.45) is 7.05 Å². The van der Waals surface area contributed by atoms with Gasteiger partial charge in [-0.3, -0.25) is 9.48 Å². The van der Waals surface area contributed by atoms with Crippen LogP contribution in [0, 0.1) is 6.92 Å². The molecule has 1 saturated carbocycles. The molecular weight excluding hydrogens is 214 g/mol. The summed E-state index contributed by atoms with van der Waals surface area (Å²) in [6.07, 6.45) is 4.07. The van der Waals surface area contributed by atoms with Gasteiger partial charge in [0, 0.05) is 30.1 Å². The zero-order chi connectivity index (χ0) is 12.2. The minimum absolute atomic E-state index is 0.0718. The Labute approximate surface area is 99.7 Å². The topological polar surface area (TPSA) is 47.8 Å². The van der Waals surface area contributed by atoms with E-state index in [1.165, 1.54) is 12.8 Å². The molecule has 88 valence electrons. The van der Waals surface area contributed by atoms with Gasteiger partial charge >= 0.3 is 0 Å². The van der Waals surface area contributed by atoms with Gasteiger partial charge in [-0.25, -0.2) is 4.98 Å². The van der Waals surface area contributed by atoms with E-state index in [-0.39, 0.29) is 5.78 Å². The highest BCUT2D eigenvalue weighted by atomic mass is 16.1. The van der Waals surface area contributed by atoms with Gasteiger partial charge in [-0.05, 0) is 32.3 Å². The average molecular weight is 229 g/mol. The first kappa shape index (κ1) is 10.4. The highest BCUT2D eigenvalue weighted by molar-refractivity contribution is 6.00. The van der Waals surface area contributed by atoms with Gasteiger partial charge in [0.05, 0.1) is 5.69 Å². The fourth-order valence-corrected chi connectivity index (χ4v) is 2.40. The van der Waals surface area contributed by atoms with Crippen molar-refractivity contribution < 1.29 is 4.79 Å². The number of hydrogen-bond donors (Lipinski definition) is 0. The number of pyridine rings is 1. The Morgan fingerprint density at radius 3 is 2.76 bits per heavy atom. The van der Waals surface area contributed by atoms with Crippen molar-refractivity contribution in [2.45, 2.75) is 32.6 Å². The number of fused-ring (bicyclic) bond motifs is 1. The number of aromatic nitrogens is 3. The van der Waals surface area contributed by atoms with E-state index >= 15 is 0 Å². The first-order chi connectivity index (χ1) is 8.09. The molecule has 0 saturated heterocycles. The first-order valence-corrected chi connectivity index (χ1v) is 5.92. The van der Waals surface area contributed by atoms with Crippen molar-refractivity contribution in [1.82, 2.24) is 14.8 Å². The number of ketones is 1. The summed E-state index contributed by atoms with van der Waals surface area (Å²) in [4.78, 5) is 15.9. The van der Waals surface area contributed by atoms with Crippen LogP contribution in [0.4, 0.5) is 0 Å². The van der Waals surface area contributed by atoms with Crippen molar-refractivity contribution >= 4 is 16.8 Å². The molecule has 0 aliphatic heterocycles. The van der Waals surface area contributed by atoms with E-state index < -0.39 is 0 Å². The molecule has 0 atom stereocenters. The molecule has 0 aromatic carbocycles. The van der Waals surface area contributed by atoms with Gasteiger partial charge in [0.2, 0.25) is 0 Å². The fourth-order valence-electron chi connectivity index (χ4n) is 2.40. The minimum Gasteiger partial charge on any atom is -0.294 e. The van der Waals surface area contributed by atoms with Crippen molar-refractivity contribution in [3.63, 3.8) is 0 Å². The molecule has 0 N–H and O–H groups in total. The highest BCUT2D eigenvalue weighted by Gasteiger charge is 2.30. The third-order valence-electron chi connectivity index (χ3n) is 3.48. The highest BCUT2D eigenvalue weighted by Crippen LogP contribution is 2.43. The Morgan fingerprint density at radius 1 is 1.47 bits per heavy atom. The third kappa shape index (κ3) is 1.47. The Bertz CT molecular complexity index is 623. The van der Waals surface area contributed by atoms with E-state index in [9.17, 15) is 4.79 Å². The first-order valence-electron chi connectivity index (χ1n) is 5.92. The molecule has 0 spiro atoms. The number of rotatable bonds is 2. The van der Waals surface area contributed by atoms with E-state index in [0.717, 1.165) is 22.3 Å². The summed E-state index contributed by atoms with van der Waals surface area (Å²) >= 11 is 0. The number of carbonyl (C=O) groups excluding carboxylic acids is 1. The molecule has 0 unspecified atom stereocenters. The van der Waals surface area contributed by atoms with Gasteiger partial charge in [0.25, 0.3) is 0 Å².